The number of unbranched alkanes of at least 4 members (excludes halogenated alkanes) is 3. The molecule has 2 N–H and O–H groups in total. The minimum absolute atomic E-state index is 0. The van der Waals surface area contributed by atoms with Crippen LogP contribution < -0.4 is 10.6 Å². The monoisotopic (exact) mass is 470 g/mol. The summed E-state index contributed by atoms with van der Waals surface area (Å²) in [6, 6.07) is 6.12. The van der Waals surface area contributed by atoms with Gasteiger partial charge in [0.1, 0.15) is 0 Å². The Morgan fingerprint density at radius 1 is 1.15 bits per heavy atom. The van der Waals surface area contributed by atoms with Crippen molar-refractivity contribution in [3.8, 4) is 5.82 Å². The third-order valence-corrected chi connectivity index (χ3v) is 4.04. The molecule has 0 amide bonds. The molecule has 0 saturated heterocycles. The lowest BCUT2D eigenvalue weighted by Gasteiger charge is -2.12. The van der Waals surface area contributed by atoms with Gasteiger partial charge < -0.3 is 10.6 Å². The van der Waals surface area contributed by atoms with Crippen molar-refractivity contribution >= 4 is 29.9 Å². The number of halogens is 1. The van der Waals surface area contributed by atoms with Crippen molar-refractivity contribution in [2.75, 3.05) is 13.6 Å². The van der Waals surface area contributed by atoms with Crippen molar-refractivity contribution < 1.29 is 0 Å². The van der Waals surface area contributed by atoms with Crippen LogP contribution in [0.25, 0.3) is 5.82 Å². The summed E-state index contributed by atoms with van der Waals surface area (Å²) in [5.74, 6) is 1.67. The maximum atomic E-state index is 4.52. The quantitative estimate of drug-likeness (QED) is 0.267. The van der Waals surface area contributed by atoms with Crippen LogP contribution in [-0.4, -0.2) is 34.3 Å². The highest BCUT2D eigenvalue weighted by Gasteiger charge is 2.05. The van der Waals surface area contributed by atoms with Crippen LogP contribution in [0.4, 0.5) is 0 Å². The van der Waals surface area contributed by atoms with E-state index in [1.807, 2.05) is 36.9 Å². The minimum Gasteiger partial charge on any atom is -0.356 e. The fourth-order valence-electron chi connectivity index (χ4n) is 2.67. The Labute approximate surface area is 173 Å². The van der Waals surface area contributed by atoms with Crippen molar-refractivity contribution in [2.24, 2.45) is 4.99 Å². The molecule has 2 heterocycles. The lowest BCUT2D eigenvalue weighted by atomic mass is 10.2. The number of aromatic nitrogens is 3. The van der Waals surface area contributed by atoms with Crippen molar-refractivity contribution in [2.45, 2.75) is 53.0 Å². The third kappa shape index (κ3) is 6.93. The van der Waals surface area contributed by atoms with E-state index in [-0.39, 0.29) is 24.0 Å². The maximum Gasteiger partial charge on any atom is 0.191 e. The number of pyridine rings is 1. The molecule has 0 radical (unpaired) electrons. The van der Waals surface area contributed by atoms with E-state index in [4.69, 9.17) is 0 Å². The van der Waals surface area contributed by atoms with E-state index in [0.717, 1.165) is 35.3 Å². The summed E-state index contributed by atoms with van der Waals surface area (Å²) in [6.45, 7) is 7.89. The summed E-state index contributed by atoms with van der Waals surface area (Å²) in [5.41, 5.74) is 3.20. The highest BCUT2D eigenvalue weighted by molar-refractivity contribution is 14.0. The molecule has 2 aromatic rings. The van der Waals surface area contributed by atoms with Gasteiger partial charge >= 0.3 is 0 Å². The highest BCUT2D eigenvalue weighted by Crippen LogP contribution is 2.10. The van der Waals surface area contributed by atoms with Crippen LogP contribution in [0.5, 0.6) is 0 Å². The molecule has 144 valence electrons. The number of rotatable bonds is 8. The Bertz CT molecular complexity index is 678. The molecule has 6 nitrogen and oxygen atoms in total. The van der Waals surface area contributed by atoms with E-state index in [9.17, 15) is 0 Å². The van der Waals surface area contributed by atoms with Gasteiger partial charge in [0, 0.05) is 32.0 Å². The Hall–Kier alpha value is -1.64. The van der Waals surface area contributed by atoms with Crippen molar-refractivity contribution in [1.82, 2.24) is 25.4 Å². The van der Waals surface area contributed by atoms with Gasteiger partial charge in [0.05, 0.1) is 5.69 Å². The lowest BCUT2D eigenvalue weighted by Crippen LogP contribution is -2.37. The molecule has 2 aromatic heterocycles. The van der Waals surface area contributed by atoms with Gasteiger partial charge in [-0.1, -0.05) is 32.3 Å². The van der Waals surface area contributed by atoms with Gasteiger partial charge in [-0.15, -0.1) is 24.0 Å². The van der Waals surface area contributed by atoms with Crippen molar-refractivity contribution in [3.05, 3.63) is 41.3 Å². The maximum absolute atomic E-state index is 4.52. The molecule has 0 aliphatic heterocycles. The van der Waals surface area contributed by atoms with Gasteiger partial charge in [0.25, 0.3) is 0 Å². The van der Waals surface area contributed by atoms with E-state index in [1.54, 1.807) is 7.05 Å². The van der Waals surface area contributed by atoms with Crippen molar-refractivity contribution in [1.29, 1.82) is 0 Å². The van der Waals surface area contributed by atoms with Crippen LogP contribution in [0.1, 0.15) is 49.6 Å². The second kappa shape index (κ2) is 11.9. The molecule has 0 aliphatic carbocycles. The molecule has 0 saturated carbocycles. The first-order chi connectivity index (χ1) is 12.1. The number of aliphatic imine (C=N–C) groups is 1. The molecule has 7 heteroatoms. The predicted molar refractivity (Wildman–Crippen MR) is 119 cm³/mol. The van der Waals surface area contributed by atoms with E-state index >= 15 is 0 Å². The van der Waals surface area contributed by atoms with Gasteiger partial charge in [-0.2, -0.15) is 5.10 Å². The molecule has 0 aromatic carbocycles. The third-order valence-electron chi connectivity index (χ3n) is 4.04. The average Bonchev–Trinajstić information content (AvgIpc) is 2.96. The summed E-state index contributed by atoms with van der Waals surface area (Å²) >= 11 is 0. The number of guanidine groups is 1. The Morgan fingerprint density at radius 2 is 1.96 bits per heavy atom. The molecular weight excluding hydrogens is 439 g/mol. The average molecular weight is 470 g/mol. The second-order valence-electron chi connectivity index (χ2n) is 6.28. The molecule has 0 spiro atoms. The molecular formula is C19H31IN6. The highest BCUT2D eigenvalue weighted by atomic mass is 127. The van der Waals surface area contributed by atoms with E-state index in [2.05, 4.69) is 38.7 Å². The van der Waals surface area contributed by atoms with Gasteiger partial charge in [0.15, 0.2) is 11.8 Å². The largest absolute Gasteiger partial charge is 0.356 e. The Morgan fingerprint density at radius 3 is 2.54 bits per heavy atom. The zero-order valence-corrected chi connectivity index (χ0v) is 18.6. The fourth-order valence-corrected chi connectivity index (χ4v) is 2.67. The molecule has 0 unspecified atom stereocenters. The SMILES string of the molecule is CCCCCCNC(=NC)NCc1ccc(-n2nc(C)cc2C)nc1.I. The summed E-state index contributed by atoms with van der Waals surface area (Å²) in [6.07, 6.45) is 6.87. The standard InChI is InChI=1S/C19H30N6.HI/c1-5-6-7-8-11-21-19(20-4)23-14-17-9-10-18(22-13-17)25-16(3)12-15(2)24-25;/h9-10,12-13H,5-8,11,14H2,1-4H3,(H2,20,21,23);1H. The smallest absolute Gasteiger partial charge is 0.191 e. The zero-order valence-electron chi connectivity index (χ0n) is 16.2. The molecule has 0 atom stereocenters. The van der Waals surface area contributed by atoms with Gasteiger partial charge in [-0.05, 0) is 38.0 Å². The number of nitrogens with zero attached hydrogens (tertiary/aromatic N) is 4. The fraction of sp³-hybridized carbons (Fsp3) is 0.526. The topological polar surface area (TPSA) is 67.1 Å². The molecule has 0 aliphatic rings. The zero-order chi connectivity index (χ0) is 18.1. The number of nitrogens with one attached hydrogen (secondary N) is 2. The molecule has 26 heavy (non-hydrogen) atoms. The van der Waals surface area contributed by atoms with Crippen LogP contribution in [0, 0.1) is 13.8 Å². The van der Waals surface area contributed by atoms with Gasteiger partial charge in [-0.3, -0.25) is 4.99 Å². The van der Waals surface area contributed by atoms with Crippen LogP contribution in [0.2, 0.25) is 0 Å². The van der Waals surface area contributed by atoms with Crippen LogP contribution in [-0.2, 0) is 6.54 Å². The Kier molecular flexibility index (Phi) is 10.2. The first-order valence-electron chi connectivity index (χ1n) is 9.07. The lowest BCUT2D eigenvalue weighted by molar-refractivity contribution is 0.647. The van der Waals surface area contributed by atoms with Crippen molar-refractivity contribution in [3.63, 3.8) is 0 Å². The number of aryl methyl sites for hydroxylation is 2. The summed E-state index contributed by atoms with van der Waals surface area (Å²) in [5, 5.41) is 11.1. The van der Waals surface area contributed by atoms with Crippen LogP contribution in [0.3, 0.4) is 0 Å². The van der Waals surface area contributed by atoms with Crippen LogP contribution in [0.15, 0.2) is 29.4 Å². The predicted octanol–water partition coefficient (Wildman–Crippen LogP) is 3.75. The summed E-state index contributed by atoms with van der Waals surface area (Å²) in [4.78, 5) is 8.78. The minimum atomic E-state index is 0. The number of hydrogen-bond acceptors (Lipinski definition) is 3. The van der Waals surface area contributed by atoms with E-state index in [1.165, 1.54) is 25.7 Å². The van der Waals surface area contributed by atoms with E-state index in [0.29, 0.717) is 6.54 Å². The summed E-state index contributed by atoms with van der Waals surface area (Å²) < 4.78 is 1.86. The van der Waals surface area contributed by atoms with Crippen LogP contribution >= 0.6 is 24.0 Å². The van der Waals surface area contributed by atoms with Gasteiger partial charge in [0.2, 0.25) is 0 Å². The number of hydrogen-bond donors (Lipinski definition) is 2. The summed E-state index contributed by atoms with van der Waals surface area (Å²) in [7, 11) is 1.80. The molecule has 0 fully saturated rings. The molecule has 0 bridgehead atoms. The normalized spacial score (nSPS) is 11.2. The second-order valence-corrected chi connectivity index (χ2v) is 6.28. The van der Waals surface area contributed by atoms with Gasteiger partial charge in [-0.25, -0.2) is 9.67 Å². The first-order valence-corrected chi connectivity index (χ1v) is 9.07. The Balaban J connectivity index is 0.00000338. The first kappa shape index (κ1) is 22.4. The molecule has 2 rings (SSSR count). The van der Waals surface area contributed by atoms with E-state index < -0.39 is 0 Å².